The van der Waals surface area contributed by atoms with E-state index in [0.717, 1.165) is 12.8 Å². The van der Waals surface area contributed by atoms with Crippen molar-refractivity contribution in [2.75, 3.05) is 13.2 Å². The van der Waals surface area contributed by atoms with Gasteiger partial charge in [0.05, 0.1) is 12.1 Å². The molecule has 2 heterocycles. The topological polar surface area (TPSA) is 76.1 Å². The Bertz CT molecular complexity index is 457. The zero-order chi connectivity index (χ0) is 14.7. The van der Waals surface area contributed by atoms with Gasteiger partial charge in [-0.3, -0.25) is 4.90 Å². The minimum Gasteiger partial charge on any atom is -0.479 e. The number of hydrogen-bond acceptors (Lipinski definition) is 4. The number of hydrogen-bond donors (Lipinski definition) is 1. The van der Waals surface area contributed by atoms with E-state index < -0.39 is 23.2 Å². The van der Waals surface area contributed by atoms with E-state index in [0.29, 0.717) is 19.1 Å². The fourth-order valence-corrected chi connectivity index (χ4v) is 3.99. The molecule has 1 unspecified atom stereocenters. The maximum Gasteiger partial charge on any atom is 0.410 e. The summed E-state index contributed by atoms with van der Waals surface area (Å²) >= 11 is 0. The van der Waals surface area contributed by atoms with Crippen LogP contribution in [0.3, 0.4) is 0 Å². The second-order valence-electron chi connectivity index (χ2n) is 7.02. The van der Waals surface area contributed by atoms with E-state index in [2.05, 4.69) is 0 Å². The summed E-state index contributed by atoms with van der Waals surface area (Å²) in [6.45, 7) is 6.45. The number of carbonyl (C=O) groups excluding carboxylic acids is 1. The van der Waals surface area contributed by atoms with E-state index >= 15 is 0 Å². The lowest BCUT2D eigenvalue weighted by molar-refractivity contribution is -0.150. The van der Waals surface area contributed by atoms with Crippen LogP contribution in [0.5, 0.6) is 0 Å². The molecule has 112 valence electrons. The molecule has 6 heteroatoms. The maximum absolute atomic E-state index is 12.4. The van der Waals surface area contributed by atoms with Gasteiger partial charge in [-0.05, 0) is 39.5 Å². The van der Waals surface area contributed by atoms with Gasteiger partial charge in [-0.2, -0.15) is 0 Å². The molecule has 0 aromatic rings. The van der Waals surface area contributed by atoms with Crippen molar-refractivity contribution in [3.05, 3.63) is 0 Å². The molecule has 2 saturated heterocycles. The van der Waals surface area contributed by atoms with Gasteiger partial charge >= 0.3 is 12.1 Å². The first kappa shape index (κ1) is 13.7. The van der Waals surface area contributed by atoms with Crippen LogP contribution in [0.25, 0.3) is 0 Å². The van der Waals surface area contributed by atoms with Crippen molar-refractivity contribution in [2.24, 2.45) is 11.8 Å². The zero-order valence-electron chi connectivity index (χ0n) is 12.1. The minimum atomic E-state index is -0.929. The molecule has 1 aliphatic carbocycles. The van der Waals surface area contributed by atoms with Crippen molar-refractivity contribution in [3.8, 4) is 0 Å². The van der Waals surface area contributed by atoms with Crippen molar-refractivity contribution < 1.29 is 24.2 Å². The molecule has 1 spiro atoms. The van der Waals surface area contributed by atoms with Gasteiger partial charge in [-0.25, -0.2) is 9.59 Å². The first-order chi connectivity index (χ1) is 9.25. The Morgan fingerprint density at radius 2 is 2.10 bits per heavy atom. The highest BCUT2D eigenvalue weighted by molar-refractivity contribution is 5.76. The molecule has 0 aromatic carbocycles. The minimum absolute atomic E-state index is 0.0972. The van der Waals surface area contributed by atoms with Gasteiger partial charge < -0.3 is 14.6 Å². The second kappa shape index (κ2) is 4.10. The number of carboxylic acid groups (broad SMARTS) is 1. The van der Waals surface area contributed by atoms with Gasteiger partial charge in [-0.1, -0.05) is 0 Å². The first-order valence-corrected chi connectivity index (χ1v) is 7.11. The van der Waals surface area contributed by atoms with Crippen LogP contribution in [0.2, 0.25) is 0 Å². The smallest absolute Gasteiger partial charge is 0.410 e. The van der Waals surface area contributed by atoms with Crippen LogP contribution in [0.1, 0.15) is 33.6 Å². The van der Waals surface area contributed by atoms with Gasteiger partial charge in [0.1, 0.15) is 5.60 Å². The lowest BCUT2D eigenvalue weighted by Gasteiger charge is -2.51. The Labute approximate surface area is 118 Å². The molecule has 3 rings (SSSR count). The molecule has 20 heavy (non-hydrogen) atoms. The normalized spacial score (nSPS) is 39.0. The predicted octanol–water partition coefficient (Wildman–Crippen LogP) is 1.49. The quantitative estimate of drug-likeness (QED) is 0.789. The molecule has 0 aromatic heterocycles. The lowest BCUT2D eigenvalue weighted by atomic mass is 9.59. The number of ether oxygens (including phenoxy) is 2. The van der Waals surface area contributed by atoms with Crippen LogP contribution in [0, 0.1) is 11.8 Å². The lowest BCUT2D eigenvalue weighted by Crippen LogP contribution is -2.64. The van der Waals surface area contributed by atoms with Crippen LogP contribution in [0.15, 0.2) is 0 Å². The SMILES string of the molecule is CC(C)(C)OC(=O)N1CC[C@H]2C[C@@H]3C(C(=O)O)OC[C@]231. The van der Waals surface area contributed by atoms with E-state index in [1.807, 2.05) is 20.8 Å². The van der Waals surface area contributed by atoms with E-state index in [1.165, 1.54) is 0 Å². The zero-order valence-corrected chi connectivity index (χ0v) is 12.1. The van der Waals surface area contributed by atoms with Gasteiger partial charge in [0.15, 0.2) is 6.10 Å². The summed E-state index contributed by atoms with van der Waals surface area (Å²) in [6, 6.07) is 0. The summed E-state index contributed by atoms with van der Waals surface area (Å²) in [5, 5.41) is 9.20. The summed E-state index contributed by atoms with van der Waals surface area (Å²) in [4.78, 5) is 25.3. The largest absolute Gasteiger partial charge is 0.479 e. The van der Waals surface area contributed by atoms with Crippen molar-refractivity contribution in [1.82, 2.24) is 4.90 Å². The fourth-order valence-electron chi connectivity index (χ4n) is 3.99. The van der Waals surface area contributed by atoms with Crippen LogP contribution < -0.4 is 0 Å². The Morgan fingerprint density at radius 1 is 1.40 bits per heavy atom. The average Bonchev–Trinajstić information content (AvgIpc) is 2.73. The van der Waals surface area contributed by atoms with Crippen molar-refractivity contribution in [2.45, 2.75) is 50.9 Å². The standard InChI is InChI=1S/C14H21NO5/c1-13(2,3)20-12(18)15-5-4-8-6-9-10(11(16)17)19-7-14(8,9)15/h8-10H,4-7H2,1-3H3,(H,16,17)/t8-,9+,10?,14-/m0/s1. The molecule has 2 aliphatic heterocycles. The number of aliphatic carboxylic acids is 1. The molecular weight excluding hydrogens is 262 g/mol. The molecule has 6 nitrogen and oxygen atoms in total. The number of amides is 1. The summed E-state index contributed by atoms with van der Waals surface area (Å²) in [5.74, 6) is -0.675. The molecule has 4 atom stereocenters. The molecule has 1 saturated carbocycles. The monoisotopic (exact) mass is 283 g/mol. The van der Waals surface area contributed by atoms with Crippen molar-refractivity contribution >= 4 is 12.1 Å². The number of nitrogens with zero attached hydrogens (tertiary/aromatic N) is 1. The van der Waals surface area contributed by atoms with E-state index in [9.17, 15) is 14.7 Å². The summed E-state index contributed by atoms with van der Waals surface area (Å²) in [6.07, 6.45) is 0.607. The predicted molar refractivity (Wildman–Crippen MR) is 69.3 cm³/mol. The summed E-state index contributed by atoms with van der Waals surface area (Å²) < 4.78 is 10.9. The van der Waals surface area contributed by atoms with Crippen LogP contribution in [-0.2, 0) is 14.3 Å². The maximum atomic E-state index is 12.4. The number of carbonyl (C=O) groups is 2. The molecule has 0 radical (unpaired) electrons. The molecule has 3 fully saturated rings. The van der Waals surface area contributed by atoms with Gasteiger partial charge in [-0.15, -0.1) is 0 Å². The molecule has 1 amide bonds. The highest BCUT2D eigenvalue weighted by Crippen LogP contribution is 2.59. The molecule has 0 bridgehead atoms. The first-order valence-electron chi connectivity index (χ1n) is 7.11. The van der Waals surface area contributed by atoms with Gasteiger partial charge in [0, 0.05) is 12.5 Å². The Morgan fingerprint density at radius 3 is 2.70 bits per heavy atom. The molecule has 1 N–H and O–H groups in total. The third-order valence-corrected chi connectivity index (χ3v) is 4.81. The van der Waals surface area contributed by atoms with Crippen molar-refractivity contribution in [1.29, 1.82) is 0 Å². The highest BCUT2D eigenvalue weighted by atomic mass is 16.6. The number of likely N-dealkylation sites (tertiary alicyclic amines) is 1. The Hall–Kier alpha value is -1.30. The average molecular weight is 283 g/mol. The van der Waals surface area contributed by atoms with Gasteiger partial charge in [0.25, 0.3) is 0 Å². The third kappa shape index (κ3) is 1.74. The number of rotatable bonds is 1. The molecular formula is C14H21NO5. The highest BCUT2D eigenvalue weighted by Gasteiger charge is 2.70. The van der Waals surface area contributed by atoms with E-state index in [4.69, 9.17) is 9.47 Å². The second-order valence-corrected chi connectivity index (χ2v) is 7.02. The fraction of sp³-hybridized carbons (Fsp3) is 0.857. The van der Waals surface area contributed by atoms with Crippen LogP contribution in [-0.4, -0.2) is 52.5 Å². The Kier molecular flexibility index (Phi) is 2.80. The molecule has 3 aliphatic rings. The van der Waals surface area contributed by atoms with E-state index in [1.54, 1.807) is 4.90 Å². The summed E-state index contributed by atoms with van der Waals surface area (Å²) in [7, 11) is 0. The van der Waals surface area contributed by atoms with Crippen molar-refractivity contribution in [3.63, 3.8) is 0 Å². The third-order valence-electron chi connectivity index (χ3n) is 4.81. The summed E-state index contributed by atoms with van der Waals surface area (Å²) in [5.41, 5.74) is -0.984. The van der Waals surface area contributed by atoms with Crippen LogP contribution >= 0.6 is 0 Å². The van der Waals surface area contributed by atoms with Gasteiger partial charge in [0.2, 0.25) is 0 Å². The van der Waals surface area contributed by atoms with Crippen LogP contribution in [0.4, 0.5) is 4.79 Å². The van der Waals surface area contributed by atoms with E-state index in [-0.39, 0.29) is 12.0 Å². The number of carboxylic acids is 1. The Balaban J connectivity index is 1.81.